The van der Waals surface area contributed by atoms with Gasteiger partial charge >= 0.3 is 5.97 Å². The number of carbonyl (C=O) groups is 1. The van der Waals surface area contributed by atoms with Crippen LogP contribution in [0.5, 0.6) is 0 Å². The van der Waals surface area contributed by atoms with Gasteiger partial charge in [-0.2, -0.15) is 4.98 Å². The Morgan fingerprint density at radius 2 is 2.50 bits per heavy atom. The molecule has 0 fully saturated rings. The van der Waals surface area contributed by atoms with Gasteiger partial charge in [0.2, 0.25) is 0 Å². The highest BCUT2D eigenvalue weighted by atomic mass is 32.1. The van der Waals surface area contributed by atoms with Gasteiger partial charge < -0.3 is 9.26 Å². The Kier molecular flexibility index (Phi) is 2.28. The van der Waals surface area contributed by atoms with Crippen molar-refractivity contribution in [3.05, 3.63) is 23.3 Å². The minimum absolute atomic E-state index is 0.0594. The number of carbonyl (C=O) groups excluding carboxylic acids is 1. The van der Waals surface area contributed by atoms with Gasteiger partial charge in [-0.05, 0) is 16.6 Å². The van der Waals surface area contributed by atoms with Gasteiger partial charge in [0.25, 0.3) is 11.7 Å². The van der Waals surface area contributed by atoms with Crippen LogP contribution in [-0.2, 0) is 4.74 Å². The Hall–Kier alpha value is -1.69. The molecule has 0 aliphatic heterocycles. The zero-order valence-corrected chi connectivity index (χ0v) is 8.08. The number of thiophene rings is 1. The van der Waals surface area contributed by atoms with Crippen LogP contribution in [0.1, 0.15) is 10.6 Å². The van der Waals surface area contributed by atoms with Gasteiger partial charge in [-0.1, -0.05) is 6.07 Å². The molecular formula is C8H6N2O3S. The molecule has 0 bridgehead atoms. The first-order chi connectivity index (χ1) is 6.81. The molecule has 72 valence electrons. The van der Waals surface area contributed by atoms with Crippen LogP contribution >= 0.6 is 11.3 Å². The number of hydrogen-bond donors (Lipinski definition) is 0. The SMILES string of the molecule is COC(=O)c1noc(-c2cccs2)n1. The maximum atomic E-state index is 11.0. The first-order valence-electron chi connectivity index (χ1n) is 3.77. The summed E-state index contributed by atoms with van der Waals surface area (Å²) in [5, 5.41) is 5.38. The second kappa shape index (κ2) is 3.59. The van der Waals surface area contributed by atoms with E-state index in [9.17, 15) is 4.79 Å². The molecule has 2 heterocycles. The van der Waals surface area contributed by atoms with Crippen LogP contribution in [0.2, 0.25) is 0 Å². The second-order valence-corrected chi connectivity index (χ2v) is 3.34. The summed E-state index contributed by atoms with van der Waals surface area (Å²) in [4.78, 5) is 15.7. The third-order valence-corrected chi connectivity index (χ3v) is 2.38. The Bertz CT molecular complexity index is 435. The van der Waals surface area contributed by atoms with Crippen LogP contribution in [0, 0.1) is 0 Å². The highest BCUT2D eigenvalue weighted by Gasteiger charge is 2.15. The van der Waals surface area contributed by atoms with Crippen molar-refractivity contribution in [2.45, 2.75) is 0 Å². The van der Waals surface area contributed by atoms with Crippen LogP contribution < -0.4 is 0 Å². The second-order valence-electron chi connectivity index (χ2n) is 2.39. The number of rotatable bonds is 2. The average molecular weight is 210 g/mol. The fraction of sp³-hybridized carbons (Fsp3) is 0.125. The van der Waals surface area contributed by atoms with Crippen LogP contribution in [0.25, 0.3) is 10.8 Å². The molecule has 0 saturated carbocycles. The van der Waals surface area contributed by atoms with E-state index in [0.29, 0.717) is 5.89 Å². The highest BCUT2D eigenvalue weighted by molar-refractivity contribution is 7.13. The first kappa shape index (κ1) is 8.89. The molecule has 0 amide bonds. The van der Waals surface area contributed by atoms with E-state index in [0.717, 1.165) is 4.88 Å². The lowest BCUT2D eigenvalue weighted by Crippen LogP contribution is -2.02. The number of aromatic nitrogens is 2. The van der Waals surface area contributed by atoms with Gasteiger partial charge in [-0.25, -0.2) is 4.79 Å². The van der Waals surface area contributed by atoms with E-state index >= 15 is 0 Å². The molecule has 0 atom stereocenters. The van der Waals surface area contributed by atoms with E-state index < -0.39 is 5.97 Å². The zero-order valence-electron chi connectivity index (χ0n) is 7.26. The summed E-state index contributed by atoms with van der Waals surface area (Å²) in [7, 11) is 1.27. The van der Waals surface area contributed by atoms with E-state index in [1.54, 1.807) is 0 Å². The average Bonchev–Trinajstić information content (AvgIpc) is 2.86. The molecule has 0 aromatic carbocycles. The van der Waals surface area contributed by atoms with Crippen LogP contribution in [0.3, 0.4) is 0 Å². The maximum Gasteiger partial charge on any atom is 0.379 e. The summed E-state index contributed by atoms with van der Waals surface area (Å²) in [5.74, 6) is -0.326. The smallest absolute Gasteiger partial charge is 0.379 e. The van der Waals surface area contributed by atoms with Crippen molar-refractivity contribution in [3.8, 4) is 10.8 Å². The molecule has 0 saturated heterocycles. The molecule has 2 aromatic heterocycles. The third kappa shape index (κ3) is 1.51. The minimum atomic E-state index is -0.600. The fourth-order valence-electron chi connectivity index (χ4n) is 0.898. The van der Waals surface area contributed by atoms with Crippen molar-refractivity contribution in [1.29, 1.82) is 0 Å². The van der Waals surface area contributed by atoms with Crippen LogP contribution in [-0.4, -0.2) is 23.2 Å². The fourth-order valence-corrected chi connectivity index (χ4v) is 1.54. The predicted molar refractivity (Wildman–Crippen MR) is 49.0 cm³/mol. The number of nitrogens with zero attached hydrogens (tertiary/aromatic N) is 2. The van der Waals surface area contributed by atoms with Crippen LogP contribution in [0.15, 0.2) is 22.0 Å². The van der Waals surface area contributed by atoms with Gasteiger partial charge in [0.1, 0.15) is 0 Å². The van der Waals surface area contributed by atoms with Gasteiger partial charge in [0.15, 0.2) is 0 Å². The largest absolute Gasteiger partial charge is 0.463 e. The molecule has 0 aliphatic rings. The van der Waals surface area contributed by atoms with Crippen molar-refractivity contribution in [1.82, 2.24) is 10.1 Å². The first-order valence-corrected chi connectivity index (χ1v) is 4.65. The number of methoxy groups -OCH3 is 1. The van der Waals surface area contributed by atoms with E-state index in [2.05, 4.69) is 14.9 Å². The summed E-state index contributed by atoms with van der Waals surface area (Å²) in [5.41, 5.74) is 0. The molecule has 0 spiro atoms. The summed E-state index contributed by atoms with van der Waals surface area (Å²) in [6.07, 6.45) is 0. The molecule has 0 aliphatic carbocycles. The highest BCUT2D eigenvalue weighted by Crippen LogP contribution is 2.22. The lowest BCUT2D eigenvalue weighted by atomic mass is 10.5. The van der Waals surface area contributed by atoms with E-state index in [-0.39, 0.29) is 5.82 Å². The number of esters is 1. The molecule has 2 aromatic rings. The lowest BCUT2D eigenvalue weighted by Gasteiger charge is -1.87. The summed E-state index contributed by atoms with van der Waals surface area (Å²) in [6.45, 7) is 0. The molecule has 0 N–H and O–H groups in total. The number of ether oxygens (including phenoxy) is 1. The Balaban J connectivity index is 2.31. The molecule has 0 unspecified atom stereocenters. The summed E-state index contributed by atoms with van der Waals surface area (Å²) < 4.78 is 9.33. The topological polar surface area (TPSA) is 65.2 Å². The monoisotopic (exact) mass is 210 g/mol. The minimum Gasteiger partial charge on any atom is -0.463 e. The molecule has 5 nitrogen and oxygen atoms in total. The summed E-state index contributed by atoms with van der Waals surface area (Å²) in [6, 6.07) is 3.70. The molecule has 0 radical (unpaired) electrons. The lowest BCUT2D eigenvalue weighted by molar-refractivity contribution is 0.0583. The maximum absolute atomic E-state index is 11.0. The Labute approximate surface area is 83.3 Å². The van der Waals surface area contributed by atoms with Gasteiger partial charge in [-0.15, -0.1) is 11.3 Å². The molecular weight excluding hydrogens is 204 g/mol. The van der Waals surface area contributed by atoms with E-state index in [4.69, 9.17) is 4.52 Å². The van der Waals surface area contributed by atoms with E-state index in [1.807, 2.05) is 17.5 Å². The number of hydrogen-bond acceptors (Lipinski definition) is 6. The Morgan fingerprint density at radius 1 is 1.64 bits per heavy atom. The van der Waals surface area contributed by atoms with Crippen molar-refractivity contribution < 1.29 is 14.1 Å². The summed E-state index contributed by atoms with van der Waals surface area (Å²) >= 11 is 1.46. The molecule has 14 heavy (non-hydrogen) atoms. The van der Waals surface area contributed by atoms with Crippen LogP contribution in [0.4, 0.5) is 0 Å². The molecule has 6 heteroatoms. The van der Waals surface area contributed by atoms with Crippen molar-refractivity contribution in [2.24, 2.45) is 0 Å². The quantitative estimate of drug-likeness (QED) is 0.704. The van der Waals surface area contributed by atoms with Gasteiger partial charge in [0, 0.05) is 0 Å². The van der Waals surface area contributed by atoms with Crippen molar-refractivity contribution in [3.63, 3.8) is 0 Å². The Morgan fingerprint density at radius 3 is 3.14 bits per heavy atom. The zero-order chi connectivity index (χ0) is 9.97. The van der Waals surface area contributed by atoms with E-state index in [1.165, 1.54) is 18.4 Å². The van der Waals surface area contributed by atoms with Crippen molar-refractivity contribution >= 4 is 17.3 Å². The normalized spacial score (nSPS) is 10.1. The molecule has 2 rings (SSSR count). The van der Waals surface area contributed by atoms with Gasteiger partial charge in [0.05, 0.1) is 12.0 Å². The van der Waals surface area contributed by atoms with Crippen molar-refractivity contribution in [2.75, 3.05) is 7.11 Å². The van der Waals surface area contributed by atoms with Gasteiger partial charge in [-0.3, -0.25) is 0 Å². The predicted octanol–water partition coefficient (Wildman–Crippen LogP) is 1.58. The standard InChI is InChI=1S/C8H6N2O3S/c1-12-8(11)6-9-7(13-10-6)5-3-2-4-14-5/h2-4H,1H3. The third-order valence-electron chi connectivity index (χ3n) is 1.53.